The number of carboxylic acids is 1. The van der Waals surface area contributed by atoms with Crippen LogP contribution in [0.15, 0.2) is 0 Å². The molecule has 0 bridgehead atoms. The van der Waals surface area contributed by atoms with Gasteiger partial charge in [-0.3, -0.25) is 0 Å². The smallest absolute Gasteiger partial charge is 0.335 e. The minimum atomic E-state index is -3.11. The molecule has 16 heavy (non-hydrogen) atoms. The van der Waals surface area contributed by atoms with E-state index >= 15 is 0 Å². The van der Waals surface area contributed by atoms with Crippen LogP contribution in [0, 0.1) is 0 Å². The van der Waals surface area contributed by atoms with Gasteiger partial charge in [0.15, 0.2) is 5.60 Å². The van der Waals surface area contributed by atoms with E-state index in [1.807, 2.05) is 13.8 Å². The predicted molar refractivity (Wildman–Crippen MR) is 70.1 cm³/mol. The molecule has 0 fully saturated rings. The van der Waals surface area contributed by atoms with Crippen molar-refractivity contribution < 1.29 is 24.8 Å². The monoisotopic (exact) mass is 290 g/mol. The summed E-state index contributed by atoms with van der Waals surface area (Å²) >= 11 is 7.07. The summed E-state index contributed by atoms with van der Waals surface area (Å²) in [5.74, 6) is -1.10. The predicted octanol–water partition coefficient (Wildman–Crippen LogP) is 1.53. The molecule has 8 heteroatoms. The molecule has 0 unspecified atom stereocenters. The lowest BCUT2D eigenvalue weighted by Gasteiger charge is -2.21. The quantitative estimate of drug-likeness (QED) is 0.389. The summed E-state index contributed by atoms with van der Waals surface area (Å²) in [6, 6.07) is 0. The van der Waals surface area contributed by atoms with Gasteiger partial charge in [0.25, 0.3) is 0 Å². The van der Waals surface area contributed by atoms with Crippen molar-refractivity contribution in [2.75, 3.05) is 0 Å². The average Bonchev–Trinajstić information content (AvgIpc) is 2.01. The Kier molecular flexibility index (Phi) is 9.87. The fraction of sp³-hybridized carbons (Fsp3) is 0.875. The van der Waals surface area contributed by atoms with Gasteiger partial charge in [0.1, 0.15) is 0 Å². The van der Waals surface area contributed by atoms with E-state index in [0.29, 0.717) is 25.7 Å². The Hall–Kier alpha value is 0.350. The van der Waals surface area contributed by atoms with Gasteiger partial charge in [-0.05, 0) is 24.6 Å². The van der Waals surface area contributed by atoms with Crippen LogP contribution in [0.2, 0.25) is 0 Å². The number of aliphatic carboxylic acids is 1. The molecule has 0 spiro atoms. The minimum Gasteiger partial charge on any atom is -0.479 e. The zero-order valence-corrected chi connectivity index (χ0v) is 11.9. The molecule has 0 rings (SSSR count). The summed E-state index contributed by atoms with van der Waals surface area (Å²) in [6.07, 6.45) is 2.08. The average molecular weight is 290 g/mol. The van der Waals surface area contributed by atoms with Gasteiger partial charge in [0, 0.05) is 0 Å². The summed E-state index contributed by atoms with van der Waals surface area (Å²) < 4.78 is 0. The van der Waals surface area contributed by atoms with Crippen molar-refractivity contribution in [3.8, 4) is 0 Å². The second-order valence-corrected chi connectivity index (χ2v) is 8.39. The largest absolute Gasteiger partial charge is 0.479 e. The first kappa shape index (κ1) is 18.7. The van der Waals surface area contributed by atoms with E-state index in [9.17, 15) is 9.90 Å². The molecule has 0 aliphatic heterocycles. The third kappa shape index (κ3) is 12.4. The summed E-state index contributed by atoms with van der Waals surface area (Å²) in [7, 11) is 0. The van der Waals surface area contributed by atoms with Gasteiger partial charge < -0.3 is 20.0 Å². The highest BCUT2D eigenvalue weighted by Gasteiger charge is 2.33. The van der Waals surface area contributed by atoms with E-state index in [-0.39, 0.29) is 0 Å². The lowest BCUT2D eigenvalue weighted by Crippen LogP contribution is -2.38. The van der Waals surface area contributed by atoms with Crippen molar-refractivity contribution >= 4 is 35.7 Å². The van der Waals surface area contributed by atoms with Crippen LogP contribution >= 0.6 is 17.9 Å². The van der Waals surface area contributed by atoms with E-state index in [4.69, 9.17) is 14.9 Å². The Bertz CT molecular complexity index is 239. The fourth-order valence-electron chi connectivity index (χ4n) is 1.17. The SMILES string of the molecule is CCCC(O)(CCC)C(=O)O.OP(O)(=S)S. The molecule has 0 aromatic heterocycles. The van der Waals surface area contributed by atoms with Crippen LogP contribution in [0.4, 0.5) is 0 Å². The number of rotatable bonds is 5. The van der Waals surface area contributed by atoms with E-state index in [1.54, 1.807) is 0 Å². The molecule has 0 heterocycles. The highest BCUT2D eigenvalue weighted by Crippen LogP contribution is 2.39. The van der Waals surface area contributed by atoms with Gasteiger partial charge in [-0.1, -0.05) is 38.9 Å². The molecule has 0 radical (unpaired) electrons. The summed E-state index contributed by atoms with van der Waals surface area (Å²) in [4.78, 5) is 26.3. The lowest BCUT2D eigenvalue weighted by molar-refractivity contribution is -0.160. The third-order valence-electron chi connectivity index (χ3n) is 1.73. The van der Waals surface area contributed by atoms with Crippen molar-refractivity contribution in [2.45, 2.75) is 45.1 Å². The van der Waals surface area contributed by atoms with Crippen molar-refractivity contribution in [3.05, 3.63) is 0 Å². The third-order valence-corrected chi connectivity index (χ3v) is 1.73. The number of thiol groups is 1. The first-order valence-electron chi connectivity index (χ1n) is 4.81. The second kappa shape index (κ2) is 8.44. The van der Waals surface area contributed by atoms with Crippen molar-refractivity contribution in [1.82, 2.24) is 0 Å². The van der Waals surface area contributed by atoms with Crippen LogP contribution in [0.5, 0.6) is 0 Å². The Morgan fingerprint density at radius 1 is 1.31 bits per heavy atom. The van der Waals surface area contributed by atoms with Gasteiger partial charge in [-0.25, -0.2) is 4.79 Å². The van der Waals surface area contributed by atoms with Crippen LogP contribution in [0.1, 0.15) is 39.5 Å². The molecule has 0 aliphatic rings. The zero-order valence-electron chi connectivity index (χ0n) is 9.33. The molecular formula is C8H19O5PS2. The molecule has 5 nitrogen and oxygen atoms in total. The van der Waals surface area contributed by atoms with Crippen molar-refractivity contribution in [1.29, 1.82) is 0 Å². The molecule has 0 saturated carbocycles. The van der Waals surface area contributed by atoms with Gasteiger partial charge in [-0.2, -0.15) is 0 Å². The lowest BCUT2D eigenvalue weighted by atomic mass is 9.93. The Labute approximate surface area is 106 Å². The van der Waals surface area contributed by atoms with Gasteiger partial charge in [0.2, 0.25) is 5.69 Å². The molecule has 0 aromatic rings. The van der Waals surface area contributed by atoms with E-state index in [2.05, 4.69) is 24.1 Å². The molecule has 0 aliphatic carbocycles. The van der Waals surface area contributed by atoms with Crippen molar-refractivity contribution in [3.63, 3.8) is 0 Å². The van der Waals surface area contributed by atoms with Gasteiger partial charge in [0.05, 0.1) is 0 Å². The molecule has 0 saturated heterocycles. The van der Waals surface area contributed by atoms with Crippen LogP contribution in [0.3, 0.4) is 0 Å². The number of carboxylic acid groups (broad SMARTS) is 1. The van der Waals surface area contributed by atoms with Gasteiger partial charge in [-0.15, -0.1) is 0 Å². The molecule has 0 atom stereocenters. The number of aliphatic hydroxyl groups is 1. The van der Waals surface area contributed by atoms with E-state index in [0.717, 1.165) is 0 Å². The molecule has 98 valence electrons. The van der Waals surface area contributed by atoms with E-state index < -0.39 is 17.3 Å². The van der Waals surface area contributed by atoms with Gasteiger partial charge >= 0.3 is 5.97 Å². The Morgan fingerprint density at radius 3 is 1.69 bits per heavy atom. The first-order chi connectivity index (χ1) is 7.06. The maximum Gasteiger partial charge on any atom is 0.335 e. The first-order valence-corrected chi connectivity index (χ1v) is 8.67. The maximum absolute atomic E-state index is 10.6. The molecule has 4 N–H and O–H groups in total. The zero-order chi connectivity index (χ0) is 13.4. The normalized spacial score (nSPS) is 11.6. The van der Waals surface area contributed by atoms with Crippen LogP contribution in [-0.4, -0.2) is 31.6 Å². The number of hydrogen-bond donors (Lipinski definition) is 5. The number of carbonyl (C=O) groups is 1. The highest BCUT2D eigenvalue weighted by atomic mass is 32.9. The van der Waals surface area contributed by atoms with Crippen LogP contribution in [-0.2, 0) is 16.6 Å². The van der Waals surface area contributed by atoms with Crippen LogP contribution in [0.25, 0.3) is 0 Å². The maximum atomic E-state index is 10.6. The van der Waals surface area contributed by atoms with Crippen LogP contribution < -0.4 is 0 Å². The summed E-state index contributed by atoms with van der Waals surface area (Å²) in [5, 5.41) is 18.1. The molecular weight excluding hydrogens is 271 g/mol. The Morgan fingerprint density at radius 2 is 1.56 bits per heavy atom. The summed E-state index contributed by atoms with van der Waals surface area (Å²) in [5.41, 5.74) is -4.59. The van der Waals surface area contributed by atoms with E-state index in [1.165, 1.54) is 0 Å². The minimum absolute atomic E-state index is 0.343. The second-order valence-electron chi connectivity index (χ2n) is 3.35. The van der Waals surface area contributed by atoms with Crippen molar-refractivity contribution in [2.24, 2.45) is 0 Å². The molecule has 0 aromatic carbocycles. The standard InChI is InChI=1S/C8H16O3.H3O2PS2/c1-3-5-8(11,6-4-2)7(9)10;1-3(2,4)5/h11H,3-6H2,1-2H3,(H,9,10);(H3,1,2,4,5). The fourth-order valence-corrected chi connectivity index (χ4v) is 1.17. The Balaban J connectivity index is 0. The number of hydrogen-bond acceptors (Lipinski definition) is 3. The highest BCUT2D eigenvalue weighted by molar-refractivity contribution is 8.59. The topological polar surface area (TPSA) is 98.0 Å². The summed E-state index contributed by atoms with van der Waals surface area (Å²) in [6.45, 7) is 3.73. The molecule has 0 amide bonds.